The fourth-order valence-corrected chi connectivity index (χ4v) is 2.99. The number of rotatable bonds is 5. The van der Waals surface area contributed by atoms with Crippen molar-refractivity contribution in [2.75, 3.05) is 18.5 Å². The van der Waals surface area contributed by atoms with Gasteiger partial charge in [-0.05, 0) is 18.6 Å². The fourth-order valence-electron chi connectivity index (χ4n) is 2.99. The summed E-state index contributed by atoms with van der Waals surface area (Å²) in [7, 11) is 0. The van der Waals surface area contributed by atoms with Gasteiger partial charge in [0.25, 0.3) is 0 Å². The molecular formula is C18H18F2N4O3. The summed E-state index contributed by atoms with van der Waals surface area (Å²) in [5, 5.41) is 14.6. The lowest BCUT2D eigenvalue weighted by atomic mass is 10.0. The van der Waals surface area contributed by atoms with E-state index in [1.807, 2.05) is 12.1 Å². The molecule has 3 amide bonds. The Balaban J connectivity index is 1.72. The zero-order valence-electron chi connectivity index (χ0n) is 14.4. The predicted molar refractivity (Wildman–Crippen MR) is 92.7 cm³/mol. The second-order valence-corrected chi connectivity index (χ2v) is 6.14. The average Bonchev–Trinajstić information content (AvgIpc) is 2.63. The first-order valence-electron chi connectivity index (χ1n) is 8.28. The molecule has 0 fully saturated rings. The largest absolute Gasteiger partial charge is 0.394 e. The Morgan fingerprint density at radius 3 is 2.85 bits per heavy atom. The molecule has 27 heavy (non-hydrogen) atoms. The monoisotopic (exact) mass is 376 g/mol. The van der Waals surface area contributed by atoms with Crippen molar-refractivity contribution in [1.82, 2.24) is 15.2 Å². The highest BCUT2D eigenvalue weighted by Crippen LogP contribution is 2.32. The molecule has 2 aromatic rings. The van der Waals surface area contributed by atoms with Crippen molar-refractivity contribution in [3.05, 3.63) is 59.4 Å². The van der Waals surface area contributed by atoms with Gasteiger partial charge in [-0.25, -0.2) is 13.6 Å². The summed E-state index contributed by atoms with van der Waals surface area (Å²) in [6.45, 7) is 0.849. The van der Waals surface area contributed by atoms with Gasteiger partial charge in [0, 0.05) is 11.8 Å². The number of pyridine rings is 1. The Morgan fingerprint density at radius 2 is 2.15 bits per heavy atom. The highest BCUT2D eigenvalue weighted by molar-refractivity contribution is 5.95. The van der Waals surface area contributed by atoms with Gasteiger partial charge in [0.15, 0.2) is 0 Å². The van der Waals surface area contributed by atoms with Gasteiger partial charge < -0.3 is 20.6 Å². The van der Waals surface area contributed by atoms with Crippen molar-refractivity contribution in [1.29, 1.82) is 0 Å². The quantitative estimate of drug-likeness (QED) is 0.745. The number of fused-ring (bicyclic) bond motifs is 1. The Bertz CT molecular complexity index is 877. The molecule has 1 aromatic heterocycles. The minimum Gasteiger partial charge on any atom is -0.394 e. The van der Waals surface area contributed by atoms with E-state index in [0.29, 0.717) is 11.8 Å². The van der Waals surface area contributed by atoms with E-state index in [-0.39, 0.29) is 18.3 Å². The number of halogens is 2. The molecule has 2 heterocycles. The van der Waals surface area contributed by atoms with Crippen LogP contribution in [0.3, 0.4) is 0 Å². The number of aliphatic hydroxyl groups is 1. The molecular weight excluding hydrogens is 358 g/mol. The summed E-state index contributed by atoms with van der Waals surface area (Å²) in [5.74, 6) is -2.45. The number of para-hydroxylation sites is 1. The lowest BCUT2D eigenvalue weighted by Crippen LogP contribution is -2.47. The standard InChI is InChI=1S/C18H18F2N4O3/c1-10-12-4-2-3-5-14(12)23-18(27)24(10)8-16(26)22-15(9-25)17-13(20)6-11(19)7-21-17/h2-7,10,15,25H,8-9H2,1H3,(H,22,26)(H,23,27)/t10-,15+/m1/s1. The van der Waals surface area contributed by atoms with Crippen LogP contribution in [0.1, 0.15) is 30.3 Å². The molecule has 0 bridgehead atoms. The number of urea groups is 1. The summed E-state index contributed by atoms with van der Waals surface area (Å²) in [4.78, 5) is 29.6. The Morgan fingerprint density at radius 1 is 1.41 bits per heavy atom. The molecule has 1 aliphatic heterocycles. The van der Waals surface area contributed by atoms with Gasteiger partial charge in [-0.2, -0.15) is 0 Å². The minimum absolute atomic E-state index is 0.284. The van der Waals surface area contributed by atoms with Crippen molar-refractivity contribution in [2.45, 2.75) is 19.0 Å². The first kappa shape index (κ1) is 18.7. The van der Waals surface area contributed by atoms with E-state index in [1.165, 1.54) is 4.90 Å². The summed E-state index contributed by atoms with van der Waals surface area (Å²) >= 11 is 0. The molecule has 0 saturated heterocycles. The summed E-state index contributed by atoms with van der Waals surface area (Å²) < 4.78 is 26.8. The second-order valence-electron chi connectivity index (χ2n) is 6.14. The normalized spacial score (nSPS) is 17.1. The Kier molecular flexibility index (Phi) is 5.31. The number of benzene rings is 1. The first-order chi connectivity index (χ1) is 12.9. The molecule has 1 aromatic carbocycles. The number of carbonyl (C=O) groups is 2. The van der Waals surface area contributed by atoms with Crippen LogP contribution in [-0.4, -0.2) is 40.1 Å². The van der Waals surface area contributed by atoms with E-state index >= 15 is 0 Å². The van der Waals surface area contributed by atoms with E-state index in [9.17, 15) is 23.5 Å². The number of aromatic nitrogens is 1. The average molecular weight is 376 g/mol. The molecule has 0 spiro atoms. The number of hydrogen-bond donors (Lipinski definition) is 3. The molecule has 3 N–H and O–H groups in total. The van der Waals surface area contributed by atoms with Gasteiger partial charge in [-0.1, -0.05) is 18.2 Å². The van der Waals surface area contributed by atoms with Crippen molar-refractivity contribution < 1.29 is 23.5 Å². The second kappa shape index (κ2) is 7.67. The van der Waals surface area contributed by atoms with Gasteiger partial charge in [-0.3, -0.25) is 9.78 Å². The molecule has 7 nitrogen and oxygen atoms in total. The molecule has 9 heteroatoms. The zero-order valence-corrected chi connectivity index (χ0v) is 14.4. The van der Waals surface area contributed by atoms with Crippen LogP contribution in [-0.2, 0) is 4.79 Å². The van der Waals surface area contributed by atoms with Crippen molar-refractivity contribution >= 4 is 17.6 Å². The topological polar surface area (TPSA) is 94.6 Å². The first-order valence-corrected chi connectivity index (χ1v) is 8.28. The van der Waals surface area contributed by atoms with Crippen molar-refractivity contribution in [3.8, 4) is 0 Å². The molecule has 2 atom stereocenters. The summed E-state index contributed by atoms with van der Waals surface area (Å²) in [6, 6.07) is 5.91. The number of nitrogens with zero attached hydrogens (tertiary/aromatic N) is 2. The Hall–Kier alpha value is -3.07. The maximum Gasteiger partial charge on any atom is 0.322 e. The van der Waals surface area contributed by atoms with Crippen LogP contribution in [0.2, 0.25) is 0 Å². The van der Waals surface area contributed by atoms with Crippen molar-refractivity contribution in [3.63, 3.8) is 0 Å². The molecule has 0 radical (unpaired) electrons. The van der Waals surface area contributed by atoms with Gasteiger partial charge in [0.1, 0.15) is 23.9 Å². The van der Waals surface area contributed by atoms with Crippen LogP contribution >= 0.6 is 0 Å². The van der Waals surface area contributed by atoms with E-state index in [1.54, 1.807) is 19.1 Å². The van der Waals surface area contributed by atoms with Gasteiger partial charge >= 0.3 is 6.03 Å². The zero-order chi connectivity index (χ0) is 19.6. The van der Waals surface area contributed by atoms with Crippen LogP contribution in [0.5, 0.6) is 0 Å². The van der Waals surface area contributed by atoms with Gasteiger partial charge in [0.05, 0.1) is 24.9 Å². The Labute approximate surface area is 154 Å². The third-order valence-corrected chi connectivity index (χ3v) is 4.38. The number of nitrogens with one attached hydrogen (secondary N) is 2. The summed E-state index contributed by atoms with van der Waals surface area (Å²) in [6.07, 6.45) is 0.796. The molecule has 0 unspecified atom stereocenters. The number of anilines is 1. The number of amides is 3. The SMILES string of the molecule is C[C@@H]1c2ccccc2NC(=O)N1CC(=O)N[C@@H](CO)c1ncc(F)cc1F. The molecule has 0 saturated carbocycles. The van der Waals surface area contributed by atoms with E-state index in [2.05, 4.69) is 15.6 Å². The highest BCUT2D eigenvalue weighted by Gasteiger charge is 2.31. The minimum atomic E-state index is -1.16. The van der Waals surface area contributed by atoms with Crippen molar-refractivity contribution in [2.24, 2.45) is 0 Å². The fraction of sp³-hybridized carbons (Fsp3) is 0.278. The molecule has 0 aliphatic carbocycles. The smallest absolute Gasteiger partial charge is 0.322 e. The lowest BCUT2D eigenvalue weighted by molar-refractivity contribution is -0.123. The third-order valence-electron chi connectivity index (χ3n) is 4.38. The number of carbonyl (C=O) groups excluding carboxylic acids is 2. The van der Waals surface area contributed by atoms with Crippen LogP contribution < -0.4 is 10.6 Å². The number of aliphatic hydroxyl groups excluding tert-OH is 1. The maximum absolute atomic E-state index is 13.8. The van der Waals surface area contributed by atoms with Gasteiger partial charge in [-0.15, -0.1) is 0 Å². The van der Waals surface area contributed by atoms with Crippen LogP contribution in [0.25, 0.3) is 0 Å². The number of hydrogen-bond acceptors (Lipinski definition) is 4. The van der Waals surface area contributed by atoms with Crippen LogP contribution in [0.4, 0.5) is 19.3 Å². The van der Waals surface area contributed by atoms with Gasteiger partial charge in [0.2, 0.25) is 5.91 Å². The molecule has 1 aliphatic rings. The molecule has 142 valence electrons. The van der Waals surface area contributed by atoms with Crippen LogP contribution in [0, 0.1) is 11.6 Å². The summed E-state index contributed by atoms with van der Waals surface area (Å²) in [5.41, 5.74) is 1.25. The molecule has 3 rings (SSSR count). The third kappa shape index (κ3) is 3.87. The maximum atomic E-state index is 13.8. The predicted octanol–water partition coefficient (Wildman–Crippen LogP) is 2.12. The lowest BCUT2D eigenvalue weighted by Gasteiger charge is -2.35. The van der Waals surface area contributed by atoms with E-state index in [0.717, 1.165) is 11.8 Å². The van der Waals surface area contributed by atoms with E-state index < -0.39 is 36.2 Å². The van der Waals surface area contributed by atoms with E-state index in [4.69, 9.17) is 0 Å². The van der Waals surface area contributed by atoms with Crippen LogP contribution in [0.15, 0.2) is 36.5 Å². The highest BCUT2D eigenvalue weighted by atomic mass is 19.1.